The molecule has 1 aliphatic heterocycles. The Morgan fingerprint density at radius 1 is 1.39 bits per heavy atom. The molecule has 3 nitrogen and oxygen atoms in total. The maximum atomic E-state index is 14.0. The zero-order valence-electron chi connectivity index (χ0n) is 10.3. The number of nitrogens with one attached hydrogen (secondary N) is 1. The number of halogens is 1. The SMILES string of the molecule is CCCc1ccc(C2CCC(=O)NC2=O)c(F)c1. The molecule has 96 valence electrons. The number of hydrogen-bond donors (Lipinski definition) is 1. The average molecular weight is 249 g/mol. The smallest absolute Gasteiger partial charge is 0.234 e. The number of carbonyl (C=O) groups excluding carboxylic acids is 2. The van der Waals surface area contributed by atoms with Crippen LogP contribution in [0.3, 0.4) is 0 Å². The molecule has 0 saturated carbocycles. The third-order valence-corrected chi connectivity index (χ3v) is 3.22. The van der Waals surface area contributed by atoms with E-state index in [1.54, 1.807) is 6.07 Å². The molecule has 0 aromatic heterocycles. The second kappa shape index (κ2) is 5.29. The Labute approximate surface area is 105 Å². The van der Waals surface area contributed by atoms with E-state index in [2.05, 4.69) is 5.32 Å². The van der Waals surface area contributed by atoms with Crippen molar-refractivity contribution in [2.75, 3.05) is 0 Å². The van der Waals surface area contributed by atoms with Crippen molar-refractivity contribution in [3.8, 4) is 0 Å². The molecule has 0 aliphatic carbocycles. The van der Waals surface area contributed by atoms with E-state index in [9.17, 15) is 14.0 Å². The molecule has 0 spiro atoms. The number of amides is 2. The topological polar surface area (TPSA) is 46.2 Å². The standard InChI is InChI=1S/C14H16FNO2/c1-2-3-9-4-5-10(12(15)8-9)11-6-7-13(17)16-14(11)18/h4-5,8,11H,2-3,6-7H2,1H3,(H,16,17,18). The number of imide groups is 1. The second-order valence-corrected chi connectivity index (χ2v) is 4.61. The van der Waals surface area contributed by atoms with Gasteiger partial charge in [-0.2, -0.15) is 0 Å². The second-order valence-electron chi connectivity index (χ2n) is 4.61. The number of aryl methyl sites for hydroxylation is 1. The van der Waals surface area contributed by atoms with E-state index >= 15 is 0 Å². The Balaban J connectivity index is 2.23. The Bertz CT molecular complexity index is 485. The van der Waals surface area contributed by atoms with Crippen LogP contribution in [0.25, 0.3) is 0 Å². The van der Waals surface area contributed by atoms with Gasteiger partial charge in [-0.25, -0.2) is 4.39 Å². The van der Waals surface area contributed by atoms with Gasteiger partial charge < -0.3 is 0 Å². The van der Waals surface area contributed by atoms with Crippen LogP contribution in [-0.4, -0.2) is 11.8 Å². The largest absolute Gasteiger partial charge is 0.296 e. The fraction of sp³-hybridized carbons (Fsp3) is 0.429. The third-order valence-electron chi connectivity index (χ3n) is 3.22. The molecule has 1 unspecified atom stereocenters. The fourth-order valence-electron chi connectivity index (χ4n) is 2.29. The Morgan fingerprint density at radius 3 is 2.78 bits per heavy atom. The maximum absolute atomic E-state index is 14.0. The highest BCUT2D eigenvalue weighted by Crippen LogP contribution is 2.27. The lowest BCUT2D eigenvalue weighted by Crippen LogP contribution is -2.39. The third kappa shape index (κ3) is 2.58. The van der Waals surface area contributed by atoms with Crippen molar-refractivity contribution in [1.29, 1.82) is 0 Å². The van der Waals surface area contributed by atoms with Gasteiger partial charge in [-0.05, 0) is 24.5 Å². The van der Waals surface area contributed by atoms with Gasteiger partial charge in [-0.1, -0.05) is 25.5 Å². The van der Waals surface area contributed by atoms with Gasteiger partial charge in [-0.15, -0.1) is 0 Å². The van der Waals surface area contributed by atoms with E-state index in [0.717, 1.165) is 18.4 Å². The van der Waals surface area contributed by atoms with Crippen LogP contribution >= 0.6 is 0 Å². The van der Waals surface area contributed by atoms with Gasteiger partial charge in [0.2, 0.25) is 11.8 Å². The molecule has 1 N–H and O–H groups in total. The summed E-state index contributed by atoms with van der Waals surface area (Å²) in [6.45, 7) is 2.03. The predicted molar refractivity (Wildman–Crippen MR) is 65.5 cm³/mol. The molecule has 1 fully saturated rings. The summed E-state index contributed by atoms with van der Waals surface area (Å²) < 4.78 is 14.0. The molecule has 0 radical (unpaired) electrons. The van der Waals surface area contributed by atoms with Crippen molar-refractivity contribution in [1.82, 2.24) is 5.32 Å². The summed E-state index contributed by atoms with van der Waals surface area (Å²) >= 11 is 0. The van der Waals surface area contributed by atoms with Crippen molar-refractivity contribution in [2.45, 2.75) is 38.5 Å². The number of benzene rings is 1. The fourth-order valence-corrected chi connectivity index (χ4v) is 2.29. The van der Waals surface area contributed by atoms with Crippen molar-refractivity contribution in [3.63, 3.8) is 0 Å². The van der Waals surface area contributed by atoms with E-state index < -0.39 is 11.8 Å². The first-order valence-corrected chi connectivity index (χ1v) is 6.24. The van der Waals surface area contributed by atoms with Gasteiger partial charge >= 0.3 is 0 Å². The molecule has 0 bridgehead atoms. The van der Waals surface area contributed by atoms with Gasteiger partial charge in [0.15, 0.2) is 0 Å². The van der Waals surface area contributed by atoms with Crippen LogP contribution in [0, 0.1) is 5.82 Å². The molecule has 2 rings (SSSR count). The highest BCUT2D eigenvalue weighted by atomic mass is 19.1. The minimum absolute atomic E-state index is 0.270. The summed E-state index contributed by atoms with van der Waals surface area (Å²) in [6.07, 6.45) is 2.44. The minimum atomic E-state index is -0.543. The zero-order valence-corrected chi connectivity index (χ0v) is 10.3. The first-order chi connectivity index (χ1) is 8.61. The molecular weight excluding hydrogens is 233 g/mol. The molecule has 1 aromatic rings. The van der Waals surface area contributed by atoms with E-state index in [-0.39, 0.29) is 18.1 Å². The van der Waals surface area contributed by atoms with Crippen molar-refractivity contribution < 1.29 is 14.0 Å². The number of hydrogen-bond acceptors (Lipinski definition) is 2. The molecular formula is C14H16FNO2. The van der Waals surface area contributed by atoms with Gasteiger partial charge in [0.05, 0.1) is 5.92 Å². The Hall–Kier alpha value is -1.71. The first-order valence-electron chi connectivity index (χ1n) is 6.24. The van der Waals surface area contributed by atoms with Gasteiger partial charge in [-0.3, -0.25) is 14.9 Å². The maximum Gasteiger partial charge on any atom is 0.234 e. The molecule has 2 amide bonds. The average Bonchev–Trinajstić information content (AvgIpc) is 2.31. The van der Waals surface area contributed by atoms with Gasteiger partial charge in [0.25, 0.3) is 0 Å². The minimum Gasteiger partial charge on any atom is -0.296 e. The van der Waals surface area contributed by atoms with Crippen LogP contribution in [0.2, 0.25) is 0 Å². The molecule has 1 atom stereocenters. The van der Waals surface area contributed by atoms with Gasteiger partial charge in [0.1, 0.15) is 5.82 Å². The van der Waals surface area contributed by atoms with Crippen LogP contribution in [0.15, 0.2) is 18.2 Å². The summed E-state index contributed by atoms with van der Waals surface area (Å²) in [5, 5.41) is 2.25. The van der Waals surface area contributed by atoms with E-state index in [1.165, 1.54) is 6.07 Å². The summed E-state index contributed by atoms with van der Waals surface area (Å²) in [7, 11) is 0. The molecule has 1 aliphatic rings. The lowest BCUT2D eigenvalue weighted by molar-refractivity contribution is -0.134. The van der Waals surface area contributed by atoms with E-state index in [0.29, 0.717) is 12.0 Å². The van der Waals surface area contributed by atoms with Crippen LogP contribution in [0.4, 0.5) is 4.39 Å². The molecule has 1 heterocycles. The summed E-state index contributed by atoms with van der Waals surface area (Å²) in [4.78, 5) is 22.7. The van der Waals surface area contributed by atoms with Crippen LogP contribution < -0.4 is 5.32 Å². The molecule has 1 aromatic carbocycles. The van der Waals surface area contributed by atoms with Crippen molar-refractivity contribution in [2.24, 2.45) is 0 Å². The highest BCUT2D eigenvalue weighted by molar-refractivity contribution is 6.00. The van der Waals surface area contributed by atoms with E-state index in [1.807, 2.05) is 13.0 Å². The van der Waals surface area contributed by atoms with Crippen LogP contribution in [0.1, 0.15) is 43.2 Å². The monoisotopic (exact) mass is 249 g/mol. The zero-order chi connectivity index (χ0) is 13.1. The quantitative estimate of drug-likeness (QED) is 0.835. The number of rotatable bonds is 3. The number of carbonyl (C=O) groups is 2. The van der Waals surface area contributed by atoms with Gasteiger partial charge in [0, 0.05) is 12.0 Å². The lowest BCUT2D eigenvalue weighted by atomic mass is 9.89. The lowest BCUT2D eigenvalue weighted by Gasteiger charge is -2.21. The molecule has 1 saturated heterocycles. The molecule has 4 heteroatoms. The van der Waals surface area contributed by atoms with Crippen LogP contribution in [-0.2, 0) is 16.0 Å². The predicted octanol–water partition coefficient (Wildman–Crippen LogP) is 2.30. The normalized spacial score (nSPS) is 19.8. The Kier molecular flexibility index (Phi) is 3.75. The first kappa shape index (κ1) is 12.7. The highest BCUT2D eigenvalue weighted by Gasteiger charge is 2.29. The summed E-state index contributed by atoms with van der Waals surface area (Å²) in [5.74, 6) is -1.57. The summed E-state index contributed by atoms with van der Waals surface area (Å²) in [5.41, 5.74) is 1.32. The van der Waals surface area contributed by atoms with Crippen molar-refractivity contribution >= 4 is 11.8 Å². The number of piperidine rings is 1. The molecule has 18 heavy (non-hydrogen) atoms. The Morgan fingerprint density at radius 2 is 2.17 bits per heavy atom. The van der Waals surface area contributed by atoms with E-state index in [4.69, 9.17) is 0 Å². The van der Waals surface area contributed by atoms with Crippen molar-refractivity contribution in [3.05, 3.63) is 35.1 Å². The summed E-state index contributed by atoms with van der Waals surface area (Å²) in [6, 6.07) is 5.01. The van der Waals surface area contributed by atoms with Crippen LogP contribution in [0.5, 0.6) is 0 Å².